The van der Waals surface area contributed by atoms with E-state index in [1.165, 1.54) is 16.1 Å². The molecule has 0 spiro atoms. The van der Waals surface area contributed by atoms with Gasteiger partial charge in [-0.1, -0.05) is 48.5 Å². The maximum absolute atomic E-state index is 13.4. The first-order valence-corrected chi connectivity index (χ1v) is 10.5. The number of anilines is 1. The van der Waals surface area contributed by atoms with E-state index in [-0.39, 0.29) is 11.4 Å². The third-order valence-corrected chi connectivity index (χ3v) is 6.31. The van der Waals surface area contributed by atoms with Gasteiger partial charge in [0.1, 0.15) is 5.82 Å². The summed E-state index contributed by atoms with van der Waals surface area (Å²) in [7, 11) is -3.76. The fourth-order valence-electron chi connectivity index (χ4n) is 3.09. The Labute approximate surface area is 165 Å². The van der Waals surface area contributed by atoms with E-state index in [1.807, 2.05) is 30.3 Å². The van der Waals surface area contributed by atoms with Gasteiger partial charge in [0.25, 0.3) is 10.0 Å². The number of hydrogen-bond donors (Lipinski definition) is 2. The first-order chi connectivity index (χ1) is 13.5. The van der Waals surface area contributed by atoms with E-state index in [0.717, 1.165) is 6.42 Å². The molecule has 2 aromatic carbocycles. The van der Waals surface area contributed by atoms with Crippen molar-refractivity contribution in [3.63, 3.8) is 0 Å². The quantitative estimate of drug-likeness (QED) is 0.609. The first kappa shape index (κ1) is 19.9. The molecule has 0 radical (unpaired) electrons. The summed E-state index contributed by atoms with van der Waals surface area (Å²) in [6.07, 6.45) is 6.18. The third-order valence-electron chi connectivity index (χ3n) is 4.48. The molecule has 3 aromatic rings. The number of sulfonamides is 1. The zero-order valence-corrected chi connectivity index (χ0v) is 16.3. The summed E-state index contributed by atoms with van der Waals surface area (Å²) in [4.78, 5) is 4.26. The van der Waals surface area contributed by atoms with Crippen molar-refractivity contribution >= 4 is 26.6 Å². The van der Waals surface area contributed by atoms with Gasteiger partial charge in [-0.3, -0.25) is 4.31 Å². The number of benzene rings is 2. The standard InChI is InChI=1S/C21H24N4O2S/c22-13-6-16-25(15-5-9-17-7-2-1-3-8-17)28(26,27)20-11-4-10-19-18(20)12-14-24-21(19)23/h1-4,6-8,10-12,14,16H,5,9,13,15,22H2,(H2,23,24). The van der Waals surface area contributed by atoms with Crippen molar-refractivity contribution in [2.45, 2.75) is 17.7 Å². The van der Waals surface area contributed by atoms with Gasteiger partial charge in [0, 0.05) is 36.3 Å². The zero-order valence-electron chi connectivity index (χ0n) is 15.5. The first-order valence-electron chi connectivity index (χ1n) is 9.10. The molecule has 7 heteroatoms. The molecule has 146 valence electrons. The van der Waals surface area contributed by atoms with Crippen LogP contribution < -0.4 is 11.5 Å². The van der Waals surface area contributed by atoms with Crippen LogP contribution in [0.25, 0.3) is 10.8 Å². The molecule has 0 unspecified atom stereocenters. The Morgan fingerprint density at radius 2 is 1.79 bits per heavy atom. The van der Waals surface area contributed by atoms with Crippen molar-refractivity contribution in [3.8, 4) is 0 Å². The normalized spacial score (nSPS) is 11.9. The van der Waals surface area contributed by atoms with Crippen LogP contribution in [-0.4, -0.2) is 30.8 Å². The molecule has 4 N–H and O–H groups in total. The number of nitrogen functional groups attached to an aromatic ring is 1. The van der Waals surface area contributed by atoms with Crippen molar-refractivity contribution < 1.29 is 8.42 Å². The number of nitrogens with zero attached hydrogens (tertiary/aromatic N) is 2. The summed E-state index contributed by atoms with van der Waals surface area (Å²) in [5, 5.41) is 1.18. The number of nitrogens with two attached hydrogens (primary N) is 2. The van der Waals surface area contributed by atoms with Crippen LogP contribution in [0.2, 0.25) is 0 Å². The van der Waals surface area contributed by atoms with E-state index in [0.29, 0.717) is 29.6 Å². The molecular formula is C21H24N4O2S. The number of fused-ring (bicyclic) bond motifs is 1. The van der Waals surface area contributed by atoms with E-state index < -0.39 is 10.0 Å². The van der Waals surface area contributed by atoms with Gasteiger partial charge in [-0.05, 0) is 30.5 Å². The molecular weight excluding hydrogens is 372 g/mol. The predicted octanol–water partition coefficient (Wildman–Crippen LogP) is 2.91. The fourth-order valence-corrected chi connectivity index (χ4v) is 4.66. The SMILES string of the molecule is NCC=CN(CCCc1ccccc1)S(=O)(=O)c1cccc2c(N)nccc12. The van der Waals surface area contributed by atoms with Crippen LogP contribution in [0.4, 0.5) is 5.82 Å². The van der Waals surface area contributed by atoms with Crippen molar-refractivity contribution in [1.82, 2.24) is 9.29 Å². The summed E-state index contributed by atoms with van der Waals surface area (Å²) in [5.41, 5.74) is 12.6. The van der Waals surface area contributed by atoms with Crippen molar-refractivity contribution in [2.75, 3.05) is 18.8 Å². The minimum absolute atomic E-state index is 0.209. The number of aryl methyl sites for hydroxylation is 1. The Morgan fingerprint density at radius 3 is 2.54 bits per heavy atom. The van der Waals surface area contributed by atoms with Gasteiger partial charge < -0.3 is 11.5 Å². The van der Waals surface area contributed by atoms with Gasteiger partial charge in [0.2, 0.25) is 0 Å². The van der Waals surface area contributed by atoms with Gasteiger partial charge in [-0.25, -0.2) is 13.4 Å². The summed E-state index contributed by atoms with van der Waals surface area (Å²) in [6.45, 7) is 0.613. The smallest absolute Gasteiger partial charge is 0.264 e. The predicted molar refractivity (Wildman–Crippen MR) is 113 cm³/mol. The molecule has 0 amide bonds. The Kier molecular flexibility index (Phi) is 6.28. The fraction of sp³-hybridized carbons (Fsp3) is 0.190. The number of pyridine rings is 1. The maximum atomic E-state index is 13.4. The molecule has 3 rings (SSSR count). The molecule has 0 bridgehead atoms. The molecule has 6 nitrogen and oxygen atoms in total. The van der Waals surface area contributed by atoms with Gasteiger partial charge in [0.15, 0.2) is 0 Å². The minimum Gasteiger partial charge on any atom is -0.383 e. The highest BCUT2D eigenvalue weighted by Gasteiger charge is 2.24. The average molecular weight is 397 g/mol. The largest absolute Gasteiger partial charge is 0.383 e. The average Bonchev–Trinajstić information content (AvgIpc) is 2.71. The molecule has 0 saturated carbocycles. The van der Waals surface area contributed by atoms with Crippen LogP contribution in [0.5, 0.6) is 0 Å². The summed E-state index contributed by atoms with van der Waals surface area (Å²) < 4.78 is 28.1. The second kappa shape index (κ2) is 8.86. The minimum atomic E-state index is -3.76. The van der Waals surface area contributed by atoms with E-state index in [4.69, 9.17) is 11.5 Å². The Bertz CT molecular complexity index is 1070. The lowest BCUT2D eigenvalue weighted by Crippen LogP contribution is -2.28. The number of aromatic nitrogens is 1. The Balaban J connectivity index is 1.91. The van der Waals surface area contributed by atoms with Crippen molar-refractivity contribution in [3.05, 3.63) is 78.6 Å². The lowest BCUT2D eigenvalue weighted by atomic mass is 10.1. The highest BCUT2D eigenvalue weighted by atomic mass is 32.2. The topological polar surface area (TPSA) is 102 Å². The van der Waals surface area contributed by atoms with Crippen LogP contribution in [0.1, 0.15) is 12.0 Å². The van der Waals surface area contributed by atoms with Crippen molar-refractivity contribution in [1.29, 1.82) is 0 Å². The van der Waals surface area contributed by atoms with E-state index in [1.54, 1.807) is 36.5 Å². The van der Waals surface area contributed by atoms with Gasteiger partial charge in [-0.2, -0.15) is 0 Å². The molecule has 0 fully saturated rings. The molecule has 0 aliphatic carbocycles. The lowest BCUT2D eigenvalue weighted by molar-refractivity contribution is 0.489. The highest BCUT2D eigenvalue weighted by molar-refractivity contribution is 7.89. The molecule has 0 aliphatic rings. The molecule has 1 heterocycles. The monoisotopic (exact) mass is 396 g/mol. The van der Waals surface area contributed by atoms with E-state index in [2.05, 4.69) is 4.98 Å². The number of hydrogen-bond acceptors (Lipinski definition) is 5. The summed E-state index contributed by atoms with van der Waals surface area (Å²) >= 11 is 0. The Morgan fingerprint density at radius 1 is 1.00 bits per heavy atom. The second-order valence-corrected chi connectivity index (χ2v) is 8.23. The molecule has 0 atom stereocenters. The molecule has 1 aromatic heterocycles. The second-order valence-electron chi connectivity index (χ2n) is 6.37. The molecule has 28 heavy (non-hydrogen) atoms. The highest BCUT2D eigenvalue weighted by Crippen LogP contribution is 2.28. The van der Waals surface area contributed by atoms with Crippen LogP contribution in [0, 0.1) is 0 Å². The van der Waals surface area contributed by atoms with E-state index in [9.17, 15) is 8.42 Å². The zero-order chi connectivity index (χ0) is 20.0. The summed E-state index contributed by atoms with van der Waals surface area (Å²) in [5.74, 6) is 0.308. The van der Waals surface area contributed by atoms with Crippen LogP contribution in [0.3, 0.4) is 0 Å². The van der Waals surface area contributed by atoms with Crippen molar-refractivity contribution in [2.24, 2.45) is 5.73 Å². The van der Waals surface area contributed by atoms with Gasteiger partial charge >= 0.3 is 0 Å². The molecule has 0 aliphatic heterocycles. The van der Waals surface area contributed by atoms with Crippen LogP contribution in [-0.2, 0) is 16.4 Å². The van der Waals surface area contributed by atoms with Gasteiger partial charge in [-0.15, -0.1) is 0 Å². The lowest BCUT2D eigenvalue weighted by Gasteiger charge is -2.21. The Hall–Kier alpha value is -2.90. The third kappa shape index (κ3) is 4.32. The summed E-state index contributed by atoms with van der Waals surface area (Å²) in [6, 6.07) is 16.7. The van der Waals surface area contributed by atoms with Gasteiger partial charge in [0.05, 0.1) is 4.90 Å². The molecule has 0 saturated heterocycles. The van der Waals surface area contributed by atoms with Crippen LogP contribution >= 0.6 is 0 Å². The maximum Gasteiger partial charge on any atom is 0.264 e. The van der Waals surface area contributed by atoms with E-state index >= 15 is 0 Å². The number of rotatable bonds is 8. The van der Waals surface area contributed by atoms with Crippen LogP contribution in [0.15, 0.2) is 78.0 Å².